The third kappa shape index (κ3) is 4.95. The molecule has 2 aromatic carbocycles. The van der Waals surface area contributed by atoms with Crippen LogP contribution in [0.25, 0.3) is 0 Å². The highest BCUT2D eigenvalue weighted by Crippen LogP contribution is 2.19. The van der Waals surface area contributed by atoms with Crippen LogP contribution in [0, 0.1) is 5.82 Å². The Balaban J connectivity index is 1.42. The SMILES string of the molecule is O=C(Nc1ccn(Cc2ccc(F)cc2Cl)n1)c1cccc(Cn2cc(Br)cn2)c1. The van der Waals surface area contributed by atoms with Crippen LogP contribution in [-0.2, 0) is 13.1 Å². The molecular weight excluding hydrogens is 473 g/mol. The molecule has 0 radical (unpaired) electrons. The number of carbonyl (C=O) groups is 1. The molecule has 0 aliphatic rings. The minimum Gasteiger partial charge on any atom is -0.305 e. The predicted octanol–water partition coefficient (Wildman–Crippen LogP) is 4.98. The molecule has 1 amide bonds. The number of hydrogen-bond donors (Lipinski definition) is 1. The number of carbonyl (C=O) groups excluding carboxylic acids is 1. The highest BCUT2D eigenvalue weighted by Gasteiger charge is 2.10. The number of anilines is 1. The van der Waals surface area contributed by atoms with E-state index in [9.17, 15) is 9.18 Å². The predicted molar refractivity (Wildman–Crippen MR) is 116 cm³/mol. The monoisotopic (exact) mass is 487 g/mol. The van der Waals surface area contributed by atoms with Crippen LogP contribution in [0.4, 0.5) is 10.2 Å². The highest BCUT2D eigenvalue weighted by molar-refractivity contribution is 9.10. The van der Waals surface area contributed by atoms with E-state index in [1.165, 1.54) is 12.1 Å². The molecule has 9 heteroatoms. The van der Waals surface area contributed by atoms with Gasteiger partial charge in [-0.3, -0.25) is 14.2 Å². The minimum absolute atomic E-state index is 0.261. The molecular formula is C21H16BrClFN5O. The lowest BCUT2D eigenvalue weighted by Gasteiger charge is -2.07. The van der Waals surface area contributed by atoms with Crippen LogP contribution in [-0.4, -0.2) is 25.5 Å². The van der Waals surface area contributed by atoms with Crippen LogP contribution in [0.15, 0.2) is 71.6 Å². The molecule has 6 nitrogen and oxygen atoms in total. The van der Waals surface area contributed by atoms with E-state index in [0.717, 1.165) is 15.6 Å². The van der Waals surface area contributed by atoms with Crippen LogP contribution in [0.2, 0.25) is 5.02 Å². The smallest absolute Gasteiger partial charge is 0.256 e. The summed E-state index contributed by atoms with van der Waals surface area (Å²) in [7, 11) is 0. The number of benzene rings is 2. The molecule has 0 aliphatic heterocycles. The second-order valence-corrected chi connectivity index (χ2v) is 7.97. The third-order valence-electron chi connectivity index (χ3n) is 4.37. The Morgan fingerprint density at radius 2 is 2.00 bits per heavy atom. The van der Waals surface area contributed by atoms with Gasteiger partial charge in [0.15, 0.2) is 5.82 Å². The van der Waals surface area contributed by atoms with E-state index < -0.39 is 0 Å². The maximum atomic E-state index is 13.2. The van der Waals surface area contributed by atoms with Crippen molar-refractivity contribution >= 4 is 39.3 Å². The van der Waals surface area contributed by atoms with Gasteiger partial charge in [-0.25, -0.2) is 4.39 Å². The zero-order chi connectivity index (χ0) is 21.1. The zero-order valence-corrected chi connectivity index (χ0v) is 17.9. The van der Waals surface area contributed by atoms with Crippen molar-refractivity contribution < 1.29 is 9.18 Å². The van der Waals surface area contributed by atoms with E-state index in [2.05, 4.69) is 31.4 Å². The van der Waals surface area contributed by atoms with Gasteiger partial charge in [0.2, 0.25) is 0 Å². The van der Waals surface area contributed by atoms with Crippen LogP contribution >= 0.6 is 27.5 Å². The number of hydrogen-bond acceptors (Lipinski definition) is 3. The molecule has 0 bridgehead atoms. The summed E-state index contributed by atoms with van der Waals surface area (Å²) >= 11 is 9.43. The van der Waals surface area contributed by atoms with Gasteiger partial charge in [0.05, 0.1) is 23.8 Å². The average Bonchev–Trinajstić information content (AvgIpc) is 3.33. The first-order valence-corrected chi connectivity index (χ1v) is 10.2. The lowest BCUT2D eigenvalue weighted by Crippen LogP contribution is -2.13. The Morgan fingerprint density at radius 1 is 1.13 bits per heavy atom. The van der Waals surface area contributed by atoms with Crippen molar-refractivity contribution in [1.82, 2.24) is 19.6 Å². The second-order valence-electron chi connectivity index (χ2n) is 6.64. The van der Waals surface area contributed by atoms with Gasteiger partial charge in [-0.2, -0.15) is 10.2 Å². The Hall–Kier alpha value is -2.97. The van der Waals surface area contributed by atoms with Gasteiger partial charge in [0.25, 0.3) is 5.91 Å². The highest BCUT2D eigenvalue weighted by atomic mass is 79.9. The molecule has 0 unspecified atom stereocenters. The molecule has 1 N–H and O–H groups in total. The molecule has 0 aliphatic carbocycles. The number of nitrogens with one attached hydrogen (secondary N) is 1. The van der Waals surface area contributed by atoms with Gasteiger partial charge >= 0.3 is 0 Å². The van der Waals surface area contributed by atoms with Crippen LogP contribution in [0.3, 0.4) is 0 Å². The molecule has 2 heterocycles. The fraction of sp³-hybridized carbons (Fsp3) is 0.0952. The van der Waals surface area contributed by atoms with Crippen molar-refractivity contribution in [3.63, 3.8) is 0 Å². The summed E-state index contributed by atoms with van der Waals surface area (Å²) in [6.07, 6.45) is 5.31. The topological polar surface area (TPSA) is 64.7 Å². The van der Waals surface area contributed by atoms with Crippen molar-refractivity contribution in [3.8, 4) is 0 Å². The molecule has 30 heavy (non-hydrogen) atoms. The maximum absolute atomic E-state index is 13.2. The summed E-state index contributed by atoms with van der Waals surface area (Å²) in [5.74, 6) is -0.234. The van der Waals surface area contributed by atoms with Crippen LogP contribution < -0.4 is 5.32 Å². The molecule has 2 aromatic heterocycles. The molecule has 152 valence electrons. The summed E-state index contributed by atoms with van der Waals surface area (Å²) in [4.78, 5) is 12.6. The van der Waals surface area contributed by atoms with Crippen molar-refractivity contribution in [2.24, 2.45) is 0 Å². The third-order valence-corrected chi connectivity index (χ3v) is 5.13. The summed E-state index contributed by atoms with van der Waals surface area (Å²) in [5.41, 5.74) is 2.21. The van der Waals surface area contributed by atoms with E-state index in [0.29, 0.717) is 29.5 Å². The molecule has 0 fully saturated rings. The number of halogens is 3. The molecule has 0 atom stereocenters. The first-order chi connectivity index (χ1) is 14.5. The lowest BCUT2D eigenvalue weighted by molar-refractivity contribution is 0.102. The number of rotatable bonds is 6. The lowest BCUT2D eigenvalue weighted by atomic mass is 10.1. The molecule has 4 aromatic rings. The van der Waals surface area contributed by atoms with Crippen LogP contribution in [0.5, 0.6) is 0 Å². The van der Waals surface area contributed by atoms with E-state index >= 15 is 0 Å². The quantitative estimate of drug-likeness (QED) is 0.416. The van der Waals surface area contributed by atoms with Gasteiger partial charge in [-0.05, 0) is 51.3 Å². The Morgan fingerprint density at radius 3 is 2.77 bits per heavy atom. The largest absolute Gasteiger partial charge is 0.305 e. The minimum atomic E-state index is -0.389. The van der Waals surface area contributed by atoms with Crippen molar-refractivity contribution in [2.45, 2.75) is 13.1 Å². The fourth-order valence-electron chi connectivity index (χ4n) is 2.95. The first-order valence-electron chi connectivity index (χ1n) is 9.02. The molecule has 0 saturated heterocycles. The van der Waals surface area contributed by atoms with Crippen molar-refractivity contribution in [1.29, 1.82) is 0 Å². The summed E-state index contributed by atoms with van der Waals surface area (Å²) in [5, 5.41) is 11.7. The van der Waals surface area contributed by atoms with E-state index in [1.54, 1.807) is 40.0 Å². The van der Waals surface area contributed by atoms with Crippen molar-refractivity contribution in [2.75, 3.05) is 5.32 Å². The fourth-order valence-corrected chi connectivity index (χ4v) is 3.51. The van der Waals surface area contributed by atoms with Crippen LogP contribution in [0.1, 0.15) is 21.5 Å². The molecule has 0 saturated carbocycles. The summed E-state index contributed by atoms with van der Waals surface area (Å²) in [6.45, 7) is 0.920. The molecule has 4 rings (SSSR count). The molecule has 0 spiro atoms. The number of amides is 1. The number of nitrogens with zero attached hydrogens (tertiary/aromatic N) is 4. The van der Waals surface area contributed by atoms with E-state index in [1.807, 2.05) is 24.4 Å². The standard InChI is InChI=1S/C21H16BrClFN5O/c22-17-10-25-29(13-17)11-14-2-1-3-15(8-14)21(30)26-20-6-7-28(27-20)12-16-4-5-18(24)9-19(16)23/h1-10,13H,11-12H2,(H,26,27,30). The van der Waals surface area contributed by atoms with Gasteiger partial charge < -0.3 is 5.32 Å². The summed E-state index contributed by atoms with van der Waals surface area (Å²) < 4.78 is 17.5. The van der Waals surface area contributed by atoms with Gasteiger partial charge in [-0.1, -0.05) is 29.8 Å². The maximum Gasteiger partial charge on any atom is 0.256 e. The summed E-state index contributed by atoms with van der Waals surface area (Å²) in [6, 6.07) is 13.3. The zero-order valence-electron chi connectivity index (χ0n) is 15.6. The van der Waals surface area contributed by atoms with Gasteiger partial charge in [-0.15, -0.1) is 0 Å². The average molecular weight is 489 g/mol. The van der Waals surface area contributed by atoms with E-state index in [4.69, 9.17) is 11.6 Å². The Labute approximate surface area is 185 Å². The van der Waals surface area contributed by atoms with Gasteiger partial charge in [0, 0.05) is 29.0 Å². The normalized spacial score (nSPS) is 10.9. The Kier molecular flexibility index (Phi) is 5.96. The second kappa shape index (κ2) is 8.81. The van der Waals surface area contributed by atoms with Gasteiger partial charge in [0.1, 0.15) is 5.82 Å². The first kappa shape index (κ1) is 20.3. The van der Waals surface area contributed by atoms with E-state index in [-0.39, 0.29) is 11.7 Å². The number of aromatic nitrogens is 4. The Bertz CT molecular complexity index is 1210. The van der Waals surface area contributed by atoms with Crippen molar-refractivity contribution in [3.05, 3.63) is 99.1 Å².